The molecule has 0 aliphatic heterocycles. The normalized spacial score (nSPS) is 20.3. The maximum absolute atomic E-state index is 2.40. The van der Waals surface area contributed by atoms with Crippen molar-refractivity contribution in [3.05, 3.63) is 91.0 Å². The van der Waals surface area contributed by atoms with Crippen molar-refractivity contribution in [3.63, 3.8) is 0 Å². The maximum atomic E-state index is 2.40. The van der Waals surface area contributed by atoms with Crippen LogP contribution in [0.5, 0.6) is 0 Å². The van der Waals surface area contributed by atoms with Gasteiger partial charge in [0, 0.05) is 0 Å². The molecular formula is C28H35P. The first-order chi connectivity index (χ1) is 14.3. The van der Waals surface area contributed by atoms with Gasteiger partial charge in [-0.3, -0.25) is 0 Å². The van der Waals surface area contributed by atoms with Gasteiger partial charge in [0.1, 0.15) is 0 Å². The van der Waals surface area contributed by atoms with E-state index in [1.807, 2.05) is 0 Å². The van der Waals surface area contributed by atoms with E-state index in [0.717, 1.165) is 11.8 Å². The molecule has 152 valence electrons. The molecule has 0 heterocycles. The van der Waals surface area contributed by atoms with Gasteiger partial charge in [-0.1, -0.05) is 0 Å². The Balaban J connectivity index is 1.76. The summed E-state index contributed by atoms with van der Waals surface area (Å²) in [6.45, 7) is 2.34. The quantitative estimate of drug-likeness (QED) is 0.406. The molecule has 1 aliphatic carbocycles. The Hall–Kier alpha value is -1.91. The van der Waals surface area contributed by atoms with E-state index in [1.165, 1.54) is 44.7 Å². The SMILES string of the molecule is CCCC1CCC(C[PH](c2ccccc2)(c2ccccc2)c2ccccc2)CC1. The molecule has 1 aliphatic rings. The van der Waals surface area contributed by atoms with Gasteiger partial charge in [-0.25, -0.2) is 0 Å². The first kappa shape index (κ1) is 20.4. The molecule has 1 saturated carbocycles. The van der Waals surface area contributed by atoms with Crippen LogP contribution in [-0.2, 0) is 0 Å². The first-order valence-electron chi connectivity index (χ1n) is 11.5. The standard InChI is InChI=1S/C28H35P/c1-2-12-24-19-21-25(22-20-24)23-29(26-13-6-3-7-14-26,27-15-8-4-9-16-27)28-17-10-5-11-18-28/h3-11,13-18,24-25,29H,2,12,19-23H2,1H3. The molecule has 4 rings (SSSR count). The molecule has 0 unspecified atom stereocenters. The summed E-state index contributed by atoms with van der Waals surface area (Å²) in [7, 11) is -2.05. The average Bonchev–Trinajstić information content (AvgIpc) is 2.80. The van der Waals surface area contributed by atoms with Crippen LogP contribution in [0.4, 0.5) is 0 Å². The summed E-state index contributed by atoms with van der Waals surface area (Å²) in [5.74, 6) is 1.81. The summed E-state index contributed by atoms with van der Waals surface area (Å²) >= 11 is 0. The van der Waals surface area contributed by atoms with Crippen molar-refractivity contribution >= 4 is 23.2 Å². The van der Waals surface area contributed by atoms with Gasteiger partial charge in [0.25, 0.3) is 0 Å². The van der Waals surface area contributed by atoms with Gasteiger partial charge in [-0.05, 0) is 0 Å². The molecule has 0 amide bonds. The van der Waals surface area contributed by atoms with E-state index in [-0.39, 0.29) is 0 Å². The van der Waals surface area contributed by atoms with Crippen LogP contribution in [0.3, 0.4) is 0 Å². The molecule has 29 heavy (non-hydrogen) atoms. The van der Waals surface area contributed by atoms with Crippen LogP contribution >= 0.6 is 7.26 Å². The number of rotatable bonds is 7. The molecule has 1 fully saturated rings. The Morgan fingerprint density at radius 3 is 1.34 bits per heavy atom. The first-order valence-corrected chi connectivity index (χ1v) is 13.7. The fourth-order valence-electron chi connectivity index (χ4n) is 5.59. The third-order valence-corrected chi connectivity index (χ3v) is 12.2. The molecule has 0 spiro atoms. The predicted molar refractivity (Wildman–Crippen MR) is 132 cm³/mol. The molecule has 1 heteroatoms. The Kier molecular flexibility index (Phi) is 6.83. The van der Waals surface area contributed by atoms with Gasteiger partial charge < -0.3 is 0 Å². The van der Waals surface area contributed by atoms with Crippen LogP contribution in [-0.4, -0.2) is 6.16 Å². The zero-order chi connectivity index (χ0) is 19.9. The van der Waals surface area contributed by atoms with Crippen molar-refractivity contribution in [2.75, 3.05) is 6.16 Å². The van der Waals surface area contributed by atoms with E-state index in [2.05, 4.69) is 97.9 Å². The van der Waals surface area contributed by atoms with Gasteiger partial charge in [-0.2, -0.15) is 0 Å². The number of benzene rings is 3. The second-order valence-electron chi connectivity index (χ2n) is 8.88. The Labute approximate surface area is 177 Å². The summed E-state index contributed by atoms with van der Waals surface area (Å²) < 4.78 is 0. The Bertz CT molecular complexity index is 752. The molecule has 0 bridgehead atoms. The number of hydrogen-bond donors (Lipinski definition) is 0. The zero-order valence-corrected chi connectivity index (χ0v) is 18.8. The van der Waals surface area contributed by atoms with Crippen LogP contribution in [0.2, 0.25) is 0 Å². The van der Waals surface area contributed by atoms with Crippen molar-refractivity contribution in [1.82, 2.24) is 0 Å². The topological polar surface area (TPSA) is 0 Å². The summed E-state index contributed by atoms with van der Waals surface area (Å²) in [5, 5.41) is 4.69. The average molecular weight is 403 g/mol. The van der Waals surface area contributed by atoms with Crippen LogP contribution < -0.4 is 15.9 Å². The number of hydrogen-bond acceptors (Lipinski definition) is 0. The molecule has 0 nitrogen and oxygen atoms in total. The van der Waals surface area contributed by atoms with E-state index in [9.17, 15) is 0 Å². The molecule has 0 saturated heterocycles. The van der Waals surface area contributed by atoms with Crippen molar-refractivity contribution in [1.29, 1.82) is 0 Å². The third-order valence-electron chi connectivity index (χ3n) is 7.06. The summed E-state index contributed by atoms with van der Waals surface area (Å²) in [4.78, 5) is 0. The predicted octanol–water partition coefficient (Wildman–Crippen LogP) is 6.32. The van der Waals surface area contributed by atoms with Crippen LogP contribution in [0, 0.1) is 11.8 Å². The van der Waals surface area contributed by atoms with Gasteiger partial charge in [0.05, 0.1) is 0 Å². The van der Waals surface area contributed by atoms with Crippen LogP contribution in [0.15, 0.2) is 91.0 Å². The van der Waals surface area contributed by atoms with E-state index in [4.69, 9.17) is 0 Å². The van der Waals surface area contributed by atoms with Crippen molar-refractivity contribution in [2.45, 2.75) is 45.4 Å². The molecule has 3 aromatic carbocycles. The van der Waals surface area contributed by atoms with Crippen molar-refractivity contribution in [3.8, 4) is 0 Å². The van der Waals surface area contributed by atoms with E-state index >= 15 is 0 Å². The van der Waals surface area contributed by atoms with E-state index < -0.39 is 7.26 Å². The van der Waals surface area contributed by atoms with Crippen molar-refractivity contribution < 1.29 is 0 Å². The minimum atomic E-state index is -2.05. The van der Waals surface area contributed by atoms with Gasteiger partial charge in [0.2, 0.25) is 0 Å². The monoisotopic (exact) mass is 402 g/mol. The Morgan fingerprint density at radius 2 is 0.966 bits per heavy atom. The third kappa shape index (κ3) is 4.49. The Morgan fingerprint density at radius 1 is 0.586 bits per heavy atom. The second kappa shape index (κ2) is 9.73. The van der Waals surface area contributed by atoms with Gasteiger partial charge in [0.15, 0.2) is 0 Å². The molecule has 3 aromatic rings. The minimum absolute atomic E-state index is 0.843. The van der Waals surface area contributed by atoms with Crippen LogP contribution in [0.1, 0.15) is 45.4 Å². The molecular weight excluding hydrogens is 367 g/mol. The summed E-state index contributed by atoms with van der Waals surface area (Å²) in [6, 6.07) is 34.3. The van der Waals surface area contributed by atoms with Crippen molar-refractivity contribution in [2.24, 2.45) is 11.8 Å². The van der Waals surface area contributed by atoms with Gasteiger partial charge in [-0.15, -0.1) is 0 Å². The molecule has 0 aromatic heterocycles. The van der Waals surface area contributed by atoms with E-state index in [0.29, 0.717) is 0 Å². The molecule has 0 N–H and O–H groups in total. The fourth-order valence-corrected chi connectivity index (χ4v) is 10.9. The molecule has 0 radical (unpaired) electrons. The van der Waals surface area contributed by atoms with Crippen LogP contribution in [0.25, 0.3) is 0 Å². The van der Waals surface area contributed by atoms with E-state index in [1.54, 1.807) is 15.9 Å². The van der Waals surface area contributed by atoms with Gasteiger partial charge >= 0.3 is 178 Å². The summed E-state index contributed by atoms with van der Waals surface area (Å²) in [6.07, 6.45) is 9.78. The fraction of sp³-hybridized carbons (Fsp3) is 0.357. The second-order valence-corrected chi connectivity index (χ2v) is 12.8. The zero-order valence-electron chi connectivity index (χ0n) is 17.8. The molecule has 0 atom stereocenters. The summed E-state index contributed by atoms with van der Waals surface area (Å²) in [5.41, 5.74) is 0.